The van der Waals surface area contributed by atoms with Crippen molar-refractivity contribution in [2.24, 2.45) is 7.05 Å². The van der Waals surface area contributed by atoms with Crippen molar-refractivity contribution in [1.82, 2.24) is 15.1 Å². The molecule has 1 aromatic heterocycles. The number of carbonyl (C=O) groups excluding carboxylic acids is 2. The molecule has 6 heteroatoms. The van der Waals surface area contributed by atoms with E-state index >= 15 is 0 Å². The molecule has 1 heterocycles. The molecular formula is C15H25N3O3. The normalized spacial score (nSPS) is 11.3. The van der Waals surface area contributed by atoms with Gasteiger partial charge in [0.15, 0.2) is 0 Å². The van der Waals surface area contributed by atoms with Crippen molar-refractivity contribution in [2.75, 3.05) is 6.54 Å². The van der Waals surface area contributed by atoms with Gasteiger partial charge in [-0.25, -0.2) is 0 Å². The number of ether oxygens (including phenoxy) is 1. The van der Waals surface area contributed by atoms with Gasteiger partial charge < -0.3 is 10.1 Å². The molecule has 0 spiro atoms. The molecule has 0 unspecified atom stereocenters. The molecule has 118 valence electrons. The van der Waals surface area contributed by atoms with E-state index in [0.717, 1.165) is 17.0 Å². The molecule has 0 bridgehead atoms. The minimum absolute atomic E-state index is 0.0961. The molecule has 0 saturated heterocycles. The molecule has 1 N–H and O–H groups in total. The maximum Gasteiger partial charge on any atom is 0.325 e. The van der Waals surface area contributed by atoms with E-state index in [0.29, 0.717) is 12.8 Å². The number of hydrogen-bond donors (Lipinski definition) is 1. The first-order valence-electron chi connectivity index (χ1n) is 7.08. The summed E-state index contributed by atoms with van der Waals surface area (Å²) in [6.45, 7) is 9.19. The molecular weight excluding hydrogens is 270 g/mol. The van der Waals surface area contributed by atoms with Crippen LogP contribution in [0.5, 0.6) is 0 Å². The van der Waals surface area contributed by atoms with Gasteiger partial charge in [0.2, 0.25) is 5.91 Å². The summed E-state index contributed by atoms with van der Waals surface area (Å²) >= 11 is 0. The zero-order valence-corrected chi connectivity index (χ0v) is 13.7. The zero-order chi connectivity index (χ0) is 16.2. The van der Waals surface area contributed by atoms with Gasteiger partial charge in [0.1, 0.15) is 12.1 Å². The van der Waals surface area contributed by atoms with Crippen LogP contribution < -0.4 is 5.32 Å². The topological polar surface area (TPSA) is 73.2 Å². The summed E-state index contributed by atoms with van der Waals surface area (Å²) in [5.74, 6) is -0.590. The number of carbonyl (C=O) groups is 2. The fraction of sp³-hybridized carbons (Fsp3) is 0.667. The first-order chi connectivity index (χ1) is 9.60. The summed E-state index contributed by atoms with van der Waals surface area (Å²) in [5, 5.41) is 6.89. The number of nitrogens with one attached hydrogen (secondary N) is 1. The third kappa shape index (κ3) is 5.57. The Kier molecular flexibility index (Phi) is 5.52. The summed E-state index contributed by atoms with van der Waals surface area (Å²) < 4.78 is 6.93. The molecule has 0 aliphatic rings. The molecule has 0 radical (unpaired) electrons. The molecule has 0 fully saturated rings. The summed E-state index contributed by atoms with van der Waals surface area (Å²) in [7, 11) is 1.88. The Bertz CT molecular complexity index is 527. The predicted octanol–water partition coefficient (Wildman–Crippen LogP) is 1.43. The van der Waals surface area contributed by atoms with Crippen molar-refractivity contribution < 1.29 is 14.3 Å². The molecule has 1 amide bonds. The molecule has 0 atom stereocenters. The lowest BCUT2D eigenvalue weighted by atomic mass is 10.1. The molecule has 0 aromatic carbocycles. The number of esters is 1. The van der Waals surface area contributed by atoms with Crippen LogP contribution in [-0.2, 0) is 27.8 Å². The van der Waals surface area contributed by atoms with E-state index in [2.05, 4.69) is 10.4 Å². The second-order valence-electron chi connectivity index (χ2n) is 6.14. The Morgan fingerprint density at radius 3 is 2.38 bits per heavy atom. The lowest BCUT2D eigenvalue weighted by Gasteiger charge is -2.19. The number of hydrogen-bond acceptors (Lipinski definition) is 4. The van der Waals surface area contributed by atoms with Crippen molar-refractivity contribution in [3.63, 3.8) is 0 Å². The molecule has 21 heavy (non-hydrogen) atoms. The average molecular weight is 295 g/mol. The van der Waals surface area contributed by atoms with E-state index in [1.165, 1.54) is 0 Å². The van der Waals surface area contributed by atoms with Gasteiger partial charge in [0.05, 0.1) is 5.69 Å². The van der Waals surface area contributed by atoms with Crippen molar-refractivity contribution >= 4 is 11.9 Å². The molecule has 1 aromatic rings. The van der Waals surface area contributed by atoms with Gasteiger partial charge in [-0.15, -0.1) is 0 Å². The van der Waals surface area contributed by atoms with Crippen LogP contribution in [0.2, 0.25) is 0 Å². The lowest BCUT2D eigenvalue weighted by Crippen LogP contribution is -2.34. The van der Waals surface area contributed by atoms with E-state index in [4.69, 9.17) is 4.74 Å². The molecule has 0 aliphatic carbocycles. The first-order valence-corrected chi connectivity index (χ1v) is 7.08. The maximum absolute atomic E-state index is 11.8. The Morgan fingerprint density at radius 2 is 1.90 bits per heavy atom. The lowest BCUT2D eigenvalue weighted by molar-refractivity contribution is -0.154. The second-order valence-corrected chi connectivity index (χ2v) is 6.14. The van der Waals surface area contributed by atoms with Crippen LogP contribution in [-0.4, -0.2) is 33.8 Å². The van der Waals surface area contributed by atoms with E-state index in [-0.39, 0.29) is 12.5 Å². The zero-order valence-electron chi connectivity index (χ0n) is 13.7. The van der Waals surface area contributed by atoms with E-state index in [1.807, 2.05) is 25.6 Å². The van der Waals surface area contributed by atoms with Crippen LogP contribution in [0.4, 0.5) is 0 Å². The molecule has 6 nitrogen and oxygen atoms in total. The minimum Gasteiger partial charge on any atom is -0.459 e. The highest BCUT2D eigenvalue weighted by Crippen LogP contribution is 2.13. The van der Waals surface area contributed by atoms with Crippen molar-refractivity contribution in [2.45, 2.75) is 53.1 Å². The number of rotatable bonds is 5. The Labute approximate surface area is 125 Å². The van der Waals surface area contributed by atoms with Gasteiger partial charge in [-0.1, -0.05) is 0 Å². The third-order valence-electron chi connectivity index (χ3n) is 3.11. The highest BCUT2D eigenvalue weighted by Gasteiger charge is 2.17. The van der Waals surface area contributed by atoms with Crippen LogP contribution in [0.15, 0.2) is 0 Å². The highest BCUT2D eigenvalue weighted by atomic mass is 16.6. The third-order valence-corrected chi connectivity index (χ3v) is 3.11. The highest BCUT2D eigenvalue weighted by molar-refractivity contribution is 5.82. The molecule has 0 aliphatic heterocycles. The quantitative estimate of drug-likeness (QED) is 0.834. The molecule has 0 saturated carbocycles. The van der Waals surface area contributed by atoms with Crippen molar-refractivity contribution in [1.29, 1.82) is 0 Å². The fourth-order valence-electron chi connectivity index (χ4n) is 2.05. The van der Waals surface area contributed by atoms with Crippen molar-refractivity contribution in [3.8, 4) is 0 Å². The summed E-state index contributed by atoms with van der Waals surface area (Å²) in [6.07, 6.45) is 0.946. The van der Waals surface area contributed by atoms with Gasteiger partial charge in [-0.05, 0) is 46.6 Å². The summed E-state index contributed by atoms with van der Waals surface area (Å²) in [4.78, 5) is 23.3. The van der Waals surface area contributed by atoms with Crippen LogP contribution in [0, 0.1) is 13.8 Å². The van der Waals surface area contributed by atoms with Crippen LogP contribution in [0.1, 0.15) is 44.1 Å². The summed E-state index contributed by atoms with van der Waals surface area (Å²) in [5.41, 5.74) is 2.55. The smallest absolute Gasteiger partial charge is 0.325 e. The van der Waals surface area contributed by atoms with E-state index in [9.17, 15) is 9.59 Å². The monoisotopic (exact) mass is 295 g/mol. The summed E-state index contributed by atoms with van der Waals surface area (Å²) in [6, 6.07) is 0. The van der Waals surface area contributed by atoms with Gasteiger partial charge in [0, 0.05) is 19.2 Å². The Balaban J connectivity index is 2.40. The standard InChI is InChI=1S/C15H25N3O3/c1-10-12(11(2)18(6)17-10)7-8-13(19)16-9-14(20)21-15(3,4)5/h7-9H2,1-6H3,(H,16,19). The number of amides is 1. The van der Waals surface area contributed by atoms with Gasteiger partial charge in [-0.2, -0.15) is 5.10 Å². The Morgan fingerprint density at radius 1 is 1.29 bits per heavy atom. The van der Waals surface area contributed by atoms with Gasteiger partial charge in [-0.3, -0.25) is 14.3 Å². The predicted molar refractivity (Wildman–Crippen MR) is 79.9 cm³/mol. The molecule has 1 rings (SSSR count). The van der Waals surface area contributed by atoms with Gasteiger partial charge in [0.25, 0.3) is 0 Å². The number of nitrogens with zero attached hydrogens (tertiary/aromatic N) is 2. The number of aromatic nitrogens is 2. The van der Waals surface area contributed by atoms with Gasteiger partial charge >= 0.3 is 5.97 Å². The SMILES string of the molecule is Cc1nn(C)c(C)c1CCC(=O)NCC(=O)OC(C)(C)C. The Hall–Kier alpha value is -1.85. The van der Waals surface area contributed by atoms with Crippen LogP contribution in [0.3, 0.4) is 0 Å². The fourth-order valence-corrected chi connectivity index (χ4v) is 2.05. The minimum atomic E-state index is -0.536. The number of aryl methyl sites for hydroxylation is 2. The largest absolute Gasteiger partial charge is 0.459 e. The van der Waals surface area contributed by atoms with E-state index < -0.39 is 11.6 Å². The average Bonchev–Trinajstić information content (AvgIpc) is 2.57. The second kappa shape index (κ2) is 6.74. The van der Waals surface area contributed by atoms with Crippen molar-refractivity contribution in [3.05, 3.63) is 17.0 Å². The first kappa shape index (κ1) is 17.2. The van der Waals surface area contributed by atoms with Crippen LogP contribution >= 0.6 is 0 Å². The van der Waals surface area contributed by atoms with Crippen LogP contribution in [0.25, 0.3) is 0 Å². The van der Waals surface area contributed by atoms with E-state index in [1.54, 1.807) is 20.8 Å². The maximum atomic E-state index is 11.8.